The Morgan fingerprint density at radius 1 is 1.25 bits per heavy atom. The van der Waals surface area contributed by atoms with E-state index in [0.717, 1.165) is 10.0 Å². The molecule has 4 nitrogen and oxygen atoms in total. The van der Waals surface area contributed by atoms with Crippen LogP contribution in [0, 0.1) is 6.92 Å². The van der Waals surface area contributed by atoms with Gasteiger partial charge in [-0.05, 0) is 40.0 Å². The third kappa shape index (κ3) is 2.76. The number of nitrogens with one attached hydrogen (secondary N) is 1. The number of rotatable bonds is 3. The van der Waals surface area contributed by atoms with E-state index in [1.165, 1.54) is 5.56 Å². The highest BCUT2D eigenvalue weighted by atomic mass is 79.9. The van der Waals surface area contributed by atoms with Crippen molar-refractivity contribution < 1.29 is 0 Å². The minimum absolute atomic E-state index is 0.617. The van der Waals surface area contributed by atoms with Gasteiger partial charge in [-0.15, -0.1) is 0 Å². The Morgan fingerprint density at radius 3 is 2.69 bits per heavy atom. The summed E-state index contributed by atoms with van der Waals surface area (Å²) in [7, 11) is 0. The predicted octanol–water partition coefficient (Wildman–Crippen LogP) is 2.55. The Balaban J connectivity index is 2.02. The Kier molecular flexibility index (Phi) is 3.46. The van der Waals surface area contributed by atoms with Gasteiger partial charge in [-0.1, -0.05) is 0 Å². The Labute approximate surface area is 102 Å². The van der Waals surface area contributed by atoms with Crippen LogP contribution < -0.4 is 5.32 Å². The van der Waals surface area contributed by atoms with Gasteiger partial charge in [-0.3, -0.25) is 4.98 Å². The molecule has 2 rings (SSSR count). The fourth-order valence-electron chi connectivity index (χ4n) is 1.26. The SMILES string of the molecule is Cc1ccncc1CNc1ncc(Br)cn1. The van der Waals surface area contributed by atoms with Crippen LogP contribution in [0.15, 0.2) is 35.3 Å². The summed E-state index contributed by atoms with van der Waals surface area (Å²) in [5.41, 5.74) is 2.36. The molecule has 0 aliphatic carbocycles. The van der Waals surface area contributed by atoms with Crippen molar-refractivity contribution in [2.24, 2.45) is 0 Å². The maximum atomic E-state index is 4.13. The van der Waals surface area contributed by atoms with E-state index in [9.17, 15) is 0 Å². The van der Waals surface area contributed by atoms with Gasteiger partial charge in [-0.25, -0.2) is 9.97 Å². The van der Waals surface area contributed by atoms with Gasteiger partial charge in [0.15, 0.2) is 0 Å². The lowest BCUT2D eigenvalue weighted by Gasteiger charge is -2.06. The molecular weight excluding hydrogens is 268 g/mol. The monoisotopic (exact) mass is 278 g/mol. The largest absolute Gasteiger partial charge is 0.350 e. The lowest BCUT2D eigenvalue weighted by atomic mass is 10.2. The van der Waals surface area contributed by atoms with Gasteiger partial charge in [0.1, 0.15) is 0 Å². The molecule has 0 unspecified atom stereocenters. The van der Waals surface area contributed by atoms with E-state index >= 15 is 0 Å². The van der Waals surface area contributed by atoms with Gasteiger partial charge >= 0.3 is 0 Å². The van der Waals surface area contributed by atoms with Crippen molar-refractivity contribution in [3.63, 3.8) is 0 Å². The molecule has 0 aromatic carbocycles. The fraction of sp³-hybridized carbons (Fsp3) is 0.182. The average Bonchev–Trinajstić information content (AvgIpc) is 2.30. The lowest BCUT2D eigenvalue weighted by molar-refractivity contribution is 1.02. The summed E-state index contributed by atoms with van der Waals surface area (Å²) in [6, 6.07) is 1.99. The summed E-state index contributed by atoms with van der Waals surface area (Å²) < 4.78 is 0.871. The second kappa shape index (κ2) is 5.03. The van der Waals surface area contributed by atoms with E-state index in [4.69, 9.17) is 0 Å². The second-order valence-corrected chi connectivity index (χ2v) is 4.30. The van der Waals surface area contributed by atoms with Crippen LogP contribution in [0.5, 0.6) is 0 Å². The average molecular weight is 279 g/mol. The summed E-state index contributed by atoms with van der Waals surface area (Å²) in [6.07, 6.45) is 7.06. The molecule has 0 radical (unpaired) electrons. The van der Waals surface area contributed by atoms with Crippen LogP contribution >= 0.6 is 15.9 Å². The van der Waals surface area contributed by atoms with Crippen LogP contribution in [0.3, 0.4) is 0 Å². The molecule has 2 heterocycles. The number of aromatic nitrogens is 3. The third-order valence-electron chi connectivity index (χ3n) is 2.20. The Hall–Kier alpha value is -1.49. The van der Waals surface area contributed by atoms with Crippen molar-refractivity contribution in [1.82, 2.24) is 15.0 Å². The highest BCUT2D eigenvalue weighted by molar-refractivity contribution is 9.10. The van der Waals surface area contributed by atoms with Gasteiger partial charge < -0.3 is 5.32 Å². The summed E-state index contributed by atoms with van der Waals surface area (Å²) >= 11 is 3.29. The molecule has 82 valence electrons. The van der Waals surface area contributed by atoms with E-state index < -0.39 is 0 Å². The molecule has 2 aromatic rings. The van der Waals surface area contributed by atoms with Crippen molar-refractivity contribution in [3.05, 3.63) is 46.5 Å². The maximum absolute atomic E-state index is 4.13. The Bertz CT molecular complexity index is 470. The van der Waals surface area contributed by atoms with E-state index in [1.54, 1.807) is 18.6 Å². The number of aryl methyl sites for hydroxylation is 1. The van der Waals surface area contributed by atoms with Gasteiger partial charge in [0.05, 0.1) is 4.47 Å². The van der Waals surface area contributed by atoms with E-state index in [-0.39, 0.29) is 0 Å². The van der Waals surface area contributed by atoms with Crippen LogP contribution in [0.4, 0.5) is 5.95 Å². The van der Waals surface area contributed by atoms with Crippen molar-refractivity contribution in [2.75, 3.05) is 5.32 Å². The molecule has 0 atom stereocenters. The smallest absolute Gasteiger partial charge is 0.222 e. The first-order valence-electron chi connectivity index (χ1n) is 4.86. The molecule has 1 N–H and O–H groups in total. The molecular formula is C11H11BrN4. The second-order valence-electron chi connectivity index (χ2n) is 3.38. The molecule has 0 spiro atoms. The summed E-state index contributed by atoms with van der Waals surface area (Å²) in [5, 5.41) is 3.15. The van der Waals surface area contributed by atoms with Gasteiger partial charge in [0.2, 0.25) is 5.95 Å². The van der Waals surface area contributed by atoms with Crippen LogP contribution in [0.1, 0.15) is 11.1 Å². The molecule has 0 saturated carbocycles. The molecule has 16 heavy (non-hydrogen) atoms. The first-order valence-corrected chi connectivity index (χ1v) is 5.66. The maximum Gasteiger partial charge on any atom is 0.222 e. The Morgan fingerprint density at radius 2 is 2.00 bits per heavy atom. The van der Waals surface area contributed by atoms with Gasteiger partial charge in [-0.2, -0.15) is 0 Å². The van der Waals surface area contributed by atoms with E-state index in [0.29, 0.717) is 12.5 Å². The third-order valence-corrected chi connectivity index (χ3v) is 2.61. The summed E-state index contributed by atoms with van der Waals surface area (Å²) in [6.45, 7) is 2.74. The highest BCUT2D eigenvalue weighted by Gasteiger charge is 1.99. The topological polar surface area (TPSA) is 50.7 Å². The normalized spacial score (nSPS) is 10.1. The van der Waals surface area contributed by atoms with Crippen molar-refractivity contribution in [1.29, 1.82) is 0 Å². The predicted molar refractivity (Wildman–Crippen MR) is 66.0 cm³/mol. The molecule has 0 bridgehead atoms. The number of pyridine rings is 1. The molecule has 0 aliphatic heterocycles. The minimum atomic E-state index is 0.617. The number of hydrogen-bond donors (Lipinski definition) is 1. The molecule has 0 aliphatic rings. The van der Waals surface area contributed by atoms with Crippen LogP contribution in [-0.2, 0) is 6.54 Å². The van der Waals surface area contributed by atoms with Crippen molar-refractivity contribution in [3.8, 4) is 0 Å². The van der Waals surface area contributed by atoms with Crippen LogP contribution in [0.2, 0.25) is 0 Å². The fourth-order valence-corrected chi connectivity index (χ4v) is 1.46. The molecule has 2 aromatic heterocycles. The van der Waals surface area contributed by atoms with Crippen LogP contribution in [0.25, 0.3) is 0 Å². The van der Waals surface area contributed by atoms with Crippen LogP contribution in [-0.4, -0.2) is 15.0 Å². The number of halogens is 1. The van der Waals surface area contributed by atoms with Gasteiger partial charge in [0, 0.05) is 31.3 Å². The highest BCUT2D eigenvalue weighted by Crippen LogP contribution is 2.09. The van der Waals surface area contributed by atoms with Crippen molar-refractivity contribution >= 4 is 21.9 Å². The first-order chi connectivity index (χ1) is 7.75. The molecule has 0 fully saturated rings. The standard InChI is InChI=1S/C11H11BrN4/c1-8-2-3-13-4-9(8)5-14-11-15-6-10(12)7-16-11/h2-4,6-7H,5H2,1H3,(H,14,15,16). The summed E-state index contributed by atoms with van der Waals surface area (Å²) in [5.74, 6) is 0.617. The molecule has 5 heteroatoms. The molecule has 0 amide bonds. The number of anilines is 1. The minimum Gasteiger partial charge on any atom is -0.350 e. The molecule has 0 saturated heterocycles. The van der Waals surface area contributed by atoms with Gasteiger partial charge in [0.25, 0.3) is 0 Å². The zero-order chi connectivity index (χ0) is 11.4. The van der Waals surface area contributed by atoms with Crippen molar-refractivity contribution in [2.45, 2.75) is 13.5 Å². The zero-order valence-electron chi connectivity index (χ0n) is 8.81. The summed E-state index contributed by atoms with van der Waals surface area (Å²) in [4.78, 5) is 12.4. The quantitative estimate of drug-likeness (QED) is 0.938. The first kappa shape index (κ1) is 11.0. The number of nitrogens with zero attached hydrogens (tertiary/aromatic N) is 3. The van der Waals surface area contributed by atoms with E-state index in [1.807, 2.05) is 12.3 Å². The lowest BCUT2D eigenvalue weighted by Crippen LogP contribution is -2.04. The zero-order valence-corrected chi connectivity index (χ0v) is 10.4. The number of hydrogen-bond acceptors (Lipinski definition) is 4. The van der Waals surface area contributed by atoms with E-state index in [2.05, 4.69) is 43.1 Å².